The second-order valence-corrected chi connectivity index (χ2v) is 8.35. The molecule has 0 unspecified atom stereocenters. The van der Waals surface area contributed by atoms with Gasteiger partial charge in [-0.25, -0.2) is 0 Å². The Hall–Kier alpha value is -2.83. The third-order valence-electron chi connectivity index (χ3n) is 4.65. The molecule has 5 rings (SSSR count). The number of benzene rings is 1. The third kappa shape index (κ3) is 2.44. The van der Waals surface area contributed by atoms with E-state index in [2.05, 4.69) is 28.2 Å². The van der Waals surface area contributed by atoms with Crippen molar-refractivity contribution in [2.24, 2.45) is 0 Å². The van der Waals surface area contributed by atoms with Gasteiger partial charge in [0.05, 0.1) is 0 Å². The number of nitrogens with zero attached hydrogens (tertiary/aromatic N) is 5. The first-order valence-corrected chi connectivity index (χ1v) is 10.3. The predicted molar refractivity (Wildman–Crippen MR) is 103 cm³/mol. The number of hydrogen-bond acceptors (Lipinski definition) is 6. The fourth-order valence-electron chi connectivity index (χ4n) is 3.41. The Balaban J connectivity index is 1.77. The van der Waals surface area contributed by atoms with Gasteiger partial charge in [0.25, 0.3) is 0 Å². The molecule has 7 nitrogen and oxygen atoms in total. The fourth-order valence-corrected chi connectivity index (χ4v) is 5.87. The zero-order chi connectivity index (χ0) is 18.5. The average molecular weight is 424 g/mol. The van der Waals surface area contributed by atoms with Gasteiger partial charge in [-0.15, -0.1) is 0 Å². The van der Waals surface area contributed by atoms with Gasteiger partial charge < -0.3 is 0 Å². The van der Waals surface area contributed by atoms with Gasteiger partial charge in [0.15, 0.2) is 0 Å². The number of pyridine rings is 1. The van der Waals surface area contributed by atoms with E-state index in [-0.39, 0.29) is 26.9 Å². The van der Waals surface area contributed by atoms with Crippen LogP contribution in [0.4, 0.5) is 0 Å². The monoisotopic (exact) mass is 425 g/mol. The van der Waals surface area contributed by atoms with Crippen LogP contribution >= 0.6 is 0 Å². The SMILES string of the molecule is CCOC(=O)Cc1nnc2c3[se]c4nc5ccccc5c(C)c4c3ncn12. The Kier molecular flexibility index (Phi) is 3.70. The Morgan fingerprint density at radius 2 is 2.11 bits per heavy atom. The summed E-state index contributed by atoms with van der Waals surface area (Å²) in [5.41, 5.74) is 3.88. The number of carbonyl (C=O) groups is 1. The maximum atomic E-state index is 11.8. The van der Waals surface area contributed by atoms with E-state index in [0.717, 1.165) is 36.1 Å². The first-order valence-electron chi connectivity index (χ1n) is 8.63. The van der Waals surface area contributed by atoms with Crippen LogP contribution in [0.15, 0.2) is 30.6 Å². The van der Waals surface area contributed by atoms with Gasteiger partial charge in [-0.05, 0) is 0 Å². The Bertz CT molecular complexity index is 1350. The molecule has 0 saturated carbocycles. The second-order valence-electron chi connectivity index (χ2n) is 6.25. The van der Waals surface area contributed by atoms with Crippen LogP contribution in [0, 0.1) is 6.92 Å². The first-order chi connectivity index (χ1) is 13.2. The van der Waals surface area contributed by atoms with E-state index >= 15 is 0 Å². The van der Waals surface area contributed by atoms with Gasteiger partial charge in [-0.1, -0.05) is 0 Å². The summed E-state index contributed by atoms with van der Waals surface area (Å²) in [6.07, 6.45) is 1.78. The van der Waals surface area contributed by atoms with Crippen LogP contribution in [-0.4, -0.2) is 51.6 Å². The quantitative estimate of drug-likeness (QED) is 0.327. The number of para-hydroxylation sites is 1. The molecule has 0 N–H and O–H groups in total. The van der Waals surface area contributed by atoms with Crippen LogP contribution in [0.1, 0.15) is 18.3 Å². The van der Waals surface area contributed by atoms with Crippen molar-refractivity contribution in [2.45, 2.75) is 20.3 Å². The topological polar surface area (TPSA) is 82.3 Å². The minimum absolute atomic E-state index is 0.0107. The van der Waals surface area contributed by atoms with E-state index in [1.54, 1.807) is 17.7 Å². The van der Waals surface area contributed by atoms with Gasteiger partial charge in [0.2, 0.25) is 0 Å². The van der Waals surface area contributed by atoms with E-state index in [9.17, 15) is 4.79 Å². The molecule has 4 heterocycles. The Morgan fingerprint density at radius 3 is 2.96 bits per heavy atom. The van der Waals surface area contributed by atoms with Crippen molar-refractivity contribution in [3.8, 4) is 0 Å². The molecule has 0 spiro atoms. The summed E-state index contributed by atoms with van der Waals surface area (Å²) < 4.78 is 8.95. The molecule has 27 heavy (non-hydrogen) atoms. The van der Waals surface area contributed by atoms with Crippen LogP contribution < -0.4 is 0 Å². The van der Waals surface area contributed by atoms with Crippen molar-refractivity contribution in [3.05, 3.63) is 42.0 Å². The van der Waals surface area contributed by atoms with Crippen molar-refractivity contribution in [3.63, 3.8) is 0 Å². The molecule has 1 aromatic carbocycles. The first kappa shape index (κ1) is 16.4. The summed E-state index contributed by atoms with van der Waals surface area (Å²) in [6.45, 7) is 4.25. The van der Waals surface area contributed by atoms with Gasteiger partial charge in [-0.3, -0.25) is 0 Å². The molecule has 5 aromatic rings. The standard InChI is InChI=1S/C19H15N5O2Se/c1-3-26-14(25)8-13-22-23-18-17-16(20-9-24(13)18)15-10(2)11-6-4-5-7-12(11)21-19(15)27-17/h4-7,9H,3,8H2,1-2H3. The molecule has 0 saturated heterocycles. The molecule has 134 valence electrons. The second kappa shape index (κ2) is 6.11. The normalized spacial score (nSPS) is 11.8. The summed E-state index contributed by atoms with van der Waals surface area (Å²) >= 11 is -0.0107. The molecule has 0 fully saturated rings. The summed E-state index contributed by atoms with van der Waals surface area (Å²) in [5.74, 6) is 0.227. The fraction of sp³-hybridized carbons (Fsp3) is 0.211. The van der Waals surface area contributed by atoms with Crippen LogP contribution in [0.25, 0.3) is 36.1 Å². The van der Waals surface area contributed by atoms with E-state index in [0.29, 0.717) is 12.4 Å². The summed E-state index contributed by atoms with van der Waals surface area (Å²) in [5, 5.41) is 10.8. The van der Waals surface area contributed by atoms with E-state index in [4.69, 9.17) is 9.72 Å². The van der Waals surface area contributed by atoms with Crippen molar-refractivity contribution in [1.29, 1.82) is 0 Å². The van der Waals surface area contributed by atoms with Gasteiger partial charge in [-0.2, -0.15) is 0 Å². The number of esters is 1. The van der Waals surface area contributed by atoms with E-state index in [1.807, 2.05) is 18.2 Å². The molecule has 0 bridgehead atoms. The van der Waals surface area contributed by atoms with Crippen molar-refractivity contribution < 1.29 is 9.53 Å². The van der Waals surface area contributed by atoms with E-state index < -0.39 is 0 Å². The number of fused-ring (bicyclic) bond motifs is 6. The predicted octanol–water partition coefficient (Wildman–Crippen LogP) is 2.45. The molecular formula is C19H15N5O2Se. The van der Waals surface area contributed by atoms with E-state index in [1.165, 1.54) is 5.56 Å². The summed E-state index contributed by atoms with van der Waals surface area (Å²) in [6, 6.07) is 8.17. The number of rotatable bonds is 3. The number of carbonyl (C=O) groups excluding carboxylic acids is 1. The minimum atomic E-state index is -0.315. The molecule has 8 heteroatoms. The zero-order valence-corrected chi connectivity index (χ0v) is 16.5. The molecule has 0 atom stereocenters. The van der Waals surface area contributed by atoms with Crippen LogP contribution in [0.2, 0.25) is 0 Å². The molecule has 0 aliphatic carbocycles. The molecule has 0 aliphatic rings. The average Bonchev–Trinajstić information content (AvgIpc) is 3.23. The summed E-state index contributed by atoms with van der Waals surface area (Å²) in [4.78, 5) is 21.4. The molecule has 0 aliphatic heterocycles. The molecule has 4 aromatic heterocycles. The molecule has 0 radical (unpaired) electrons. The third-order valence-corrected chi connectivity index (χ3v) is 6.89. The molecule has 0 amide bonds. The number of aromatic nitrogens is 5. The number of ether oxygens (including phenoxy) is 1. The maximum absolute atomic E-state index is 11.8. The van der Waals surface area contributed by atoms with Gasteiger partial charge in [0.1, 0.15) is 0 Å². The van der Waals surface area contributed by atoms with Crippen LogP contribution in [0.3, 0.4) is 0 Å². The zero-order valence-electron chi connectivity index (χ0n) is 14.8. The Morgan fingerprint density at radius 1 is 1.26 bits per heavy atom. The Labute approximate surface area is 159 Å². The van der Waals surface area contributed by atoms with Gasteiger partial charge >= 0.3 is 160 Å². The van der Waals surface area contributed by atoms with Gasteiger partial charge in [0, 0.05) is 0 Å². The number of hydrogen-bond donors (Lipinski definition) is 0. The van der Waals surface area contributed by atoms with Crippen molar-refractivity contribution in [2.75, 3.05) is 6.61 Å². The van der Waals surface area contributed by atoms with Crippen LogP contribution in [-0.2, 0) is 16.0 Å². The number of aryl methyl sites for hydroxylation is 1. The van der Waals surface area contributed by atoms with Crippen molar-refractivity contribution in [1.82, 2.24) is 24.6 Å². The molecular weight excluding hydrogens is 409 g/mol. The van der Waals surface area contributed by atoms with Crippen LogP contribution in [0.5, 0.6) is 0 Å². The summed E-state index contributed by atoms with van der Waals surface area (Å²) in [7, 11) is 0. The van der Waals surface area contributed by atoms with Crippen molar-refractivity contribution >= 4 is 56.6 Å².